The van der Waals surface area contributed by atoms with E-state index >= 15 is 0 Å². The maximum atomic E-state index is 12.6. The van der Waals surface area contributed by atoms with Crippen LogP contribution in [-0.2, 0) is 10.5 Å². The zero-order chi connectivity index (χ0) is 21.3. The van der Waals surface area contributed by atoms with Crippen LogP contribution in [0, 0.1) is 6.92 Å². The Labute approximate surface area is 180 Å². The van der Waals surface area contributed by atoms with Gasteiger partial charge in [0.05, 0.1) is 12.5 Å². The average molecular weight is 421 g/mol. The van der Waals surface area contributed by atoms with E-state index in [1.54, 1.807) is 18.0 Å². The number of aromatic nitrogens is 1. The molecule has 0 bridgehead atoms. The number of rotatable bonds is 8. The average Bonchev–Trinajstić information content (AvgIpc) is 2.73. The van der Waals surface area contributed by atoms with Crippen molar-refractivity contribution in [3.05, 3.63) is 89.7 Å². The third kappa shape index (κ3) is 6.35. The van der Waals surface area contributed by atoms with Crippen molar-refractivity contribution in [1.29, 1.82) is 0 Å². The van der Waals surface area contributed by atoms with E-state index in [9.17, 15) is 9.59 Å². The summed E-state index contributed by atoms with van der Waals surface area (Å²) in [6.07, 6.45) is 3.70. The summed E-state index contributed by atoms with van der Waals surface area (Å²) in [5.74, 6) is 0.629. The Hall–Kier alpha value is -3.32. The van der Waals surface area contributed by atoms with Gasteiger partial charge in [-0.1, -0.05) is 30.3 Å². The number of hydrogen-bond acceptors (Lipinski definition) is 4. The lowest BCUT2D eigenvalue weighted by Crippen LogP contribution is -2.35. The number of pyridine rings is 1. The van der Waals surface area contributed by atoms with Crippen molar-refractivity contribution in [3.63, 3.8) is 0 Å². The molecule has 0 aliphatic rings. The van der Waals surface area contributed by atoms with Crippen LogP contribution in [0.2, 0.25) is 0 Å². The molecule has 0 radical (unpaired) electrons. The Morgan fingerprint density at radius 3 is 2.50 bits per heavy atom. The molecule has 4 N–H and O–H groups in total. The molecule has 6 nitrogen and oxygen atoms in total. The maximum absolute atomic E-state index is 12.6. The van der Waals surface area contributed by atoms with Crippen LogP contribution in [0.1, 0.15) is 29.2 Å². The van der Waals surface area contributed by atoms with Crippen LogP contribution >= 0.6 is 11.8 Å². The van der Waals surface area contributed by atoms with Crippen LogP contribution in [0.15, 0.2) is 78.0 Å². The third-order valence-electron chi connectivity index (χ3n) is 4.54. The Morgan fingerprint density at radius 1 is 1.07 bits per heavy atom. The Bertz CT molecular complexity index is 994. The van der Waals surface area contributed by atoms with Gasteiger partial charge in [0.2, 0.25) is 5.91 Å². The predicted molar refractivity (Wildman–Crippen MR) is 120 cm³/mol. The number of thioether (sulfide) groups is 1. The molecule has 30 heavy (non-hydrogen) atoms. The third-order valence-corrected chi connectivity index (χ3v) is 5.62. The largest absolute Gasteiger partial charge is 0.352 e. The number of urea groups is 1. The number of amides is 3. The van der Waals surface area contributed by atoms with E-state index < -0.39 is 12.1 Å². The summed E-state index contributed by atoms with van der Waals surface area (Å²) in [6.45, 7) is 1.94. The van der Waals surface area contributed by atoms with E-state index in [2.05, 4.69) is 15.6 Å². The van der Waals surface area contributed by atoms with Crippen molar-refractivity contribution in [2.45, 2.75) is 30.0 Å². The first-order valence-corrected chi connectivity index (χ1v) is 10.5. The number of aryl methyl sites for hydroxylation is 1. The number of carbonyl (C=O) groups excluding carboxylic acids is 2. The molecule has 0 aliphatic heterocycles. The van der Waals surface area contributed by atoms with E-state index in [-0.39, 0.29) is 12.3 Å². The lowest BCUT2D eigenvalue weighted by Gasteiger charge is -2.19. The number of primary amides is 1. The van der Waals surface area contributed by atoms with Gasteiger partial charge in [-0.2, -0.15) is 0 Å². The zero-order valence-electron chi connectivity index (χ0n) is 16.7. The van der Waals surface area contributed by atoms with Crippen LogP contribution in [-0.4, -0.2) is 16.9 Å². The van der Waals surface area contributed by atoms with Gasteiger partial charge in [-0.05, 0) is 53.9 Å². The van der Waals surface area contributed by atoms with E-state index in [1.165, 1.54) is 0 Å². The second kappa shape index (κ2) is 10.5. The molecule has 1 aromatic heterocycles. The first kappa shape index (κ1) is 21.4. The van der Waals surface area contributed by atoms with Gasteiger partial charge < -0.3 is 16.4 Å². The summed E-state index contributed by atoms with van der Waals surface area (Å²) >= 11 is 1.70. The lowest BCUT2D eigenvalue weighted by molar-refractivity contribution is -0.116. The molecule has 0 spiro atoms. The zero-order valence-corrected chi connectivity index (χ0v) is 17.5. The van der Waals surface area contributed by atoms with Crippen molar-refractivity contribution in [2.75, 3.05) is 5.32 Å². The smallest absolute Gasteiger partial charge is 0.312 e. The van der Waals surface area contributed by atoms with Gasteiger partial charge in [0.15, 0.2) is 0 Å². The standard InChI is InChI=1S/C23H24N4O2S/c1-16-5-2-3-7-20(16)21(27-23(24)29)13-22(28)26-18-8-10-19(11-9-18)30-15-17-6-4-12-25-14-17/h2-12,14,21H,13,15H2,1H3,(H,26,28)(H3,24,27,29). The van der Waals surface area contributed by atoms with Crippen LogP contribution in [0.25, 0.3) is 0 Å². The minimum absolute atomic E-state index is 0.0886. The Balaban J connectivity index is 1.58. The topological polar surface area (TPSA) is 97.1 Å². The lowest BCUT2D eigenvalue weighted by atomic mass is 9.98. The highest BCUT2D eigenvalue weighted by atomic mass is 32.2. The molecule has 154 valence electrons. The fourth-order valence-electron chi connectivity index (χ4n) is 3.07. The monoisotopic (exact) mass is 420 g/mol. The number of nitrogens with zero attached hydrogens (tertiary/aromatic N) is 1. The summed E-state index contributed by atoms with van der Waals surface area (Å²) in [5.41, 5.74) is 9.02. The van der Waals surface area contributed by atoms with Crippen LogP contribution in [0.3, 0.4) is 0 Å². The highest BCUT2D eigenvalue weighted by Gasteiger charge is 2.19. The summed E-state index contributed by atoms with van der Waals surface area (Å²) in [5, 5.41) is 5.55. The molecule has 3 amide bonds. The van der Waals surface area contributed by atoms with Gasteiger partial charge >= 0.3 is 6.03 Å². The molecule has 0 saturated heterocycles. The first-order chi connectivity index (χ1) is 14.5. The molecule has 0 saturated carbocycles. The van der Waals surface area contributed by atoms with Crippen molar-refractivity contribution >= 4 is 29.4 Å². The molecule has 7 heteroatoms. The normalized spacial score (nSPS) is 11.5. The number of nitrogens with one attached hydrogen (secondary N) is 2. The molecule has 0 aliphatic carbocycles. The summed E-state index contributed by atoms with van der Waals surface area (Å²) in [4.78, 5) is 29.2. The predicted octanol–water partition coefficient (Wildman–Crippen LogP) is 4.42. The minimum Gasteiger partial charge on any atom is -0.352 e. The second-order valence-electron chi connectivity index (χ2n) is 6.84. The van der Waals surface area contributed by atoms with Crippen molar-refractivity contribution in [2.24, 2.45) is 5.73 Å². The van der Waals surface area contributed by atoms with E-state index in [1.807, 2.05) is 73.8 Å². The van der Waals surface area contributed by atoms with E-state index in [4.69, 9.17) is 5.73 Å². The molecular formula is C23H24N4O2S. The Morgan fingerprint density at radius 2 is 1.83 bits per heavy atom. The van der Waals surface area contributed by atoms with Gasteiger partial charge in [0.1, 0.15) is 0 Å². The number of benzene rings is 2. The fourth-order valence-corrected chi connectivity index (χ4v) is 3.90. The fraction of sp³-hybridized carbons (Fsp3) is 0.174. The molecule has 1 unspecified atom stereocenters. The van der Waals surface area contributed by atoms with Crippen molar-refractivity contribution < 1.29 is 9.59 Å². The van der Waals surface area contributed by atoms with Crippen molar-refractivity contribution in [1.82, 2.24) is 10.3 Å². The van der Waals surface area contributed by atoms with Gasteiger partial charge in [0.25, 0.3) is 0 Å². The number of anilines is 1. The summed E-state index contributed by atoms with van der Waals surface area (Å²) in [7, 11) is 0. The van der Waals surface area contributed by atoms with Crippen LogP contribution in [0.4, 0.5) is 10.5 Å². The van der Waals surface area contributed by atoms with Crippen LogP contribution in [0.5, 0.6) is 0 Å². The molecule has 3 aromatic rings. The second-order valence-corrected chi connectivity index (χ2v) is 7.89. The van der Waals surface area contributed by atoms with Gasteiger partial charge in [-0.25, -0.2) is 4.79 Å². The van der Waals surface area contributed by atoms with Crippen molar-refractivity contribution in [3.8, 4) is 0 Å². The molecule has 3 rings (SSSR count). The van der Waals surface area contributed by atoms with Gasteiger partial charge in [-0.3, -0.25) is 9.78 Å². The SMILES string of the molecule is Cc1ccccc1C(CC(=O)Nc1ccc(SCc2cccnc2)cc1)NC(N)=O. The maximum Gasteiger partial charge on any atom is 0.312 e. The van der Waals surface area contributed by atoms with Gasteiger partial charge in [-0.15, -0.1) is 11.8 Å². The summed E-state index contributed by atoms with van der Waals surface area (Å²) < 4.78 is 0. The van der Waals surface area contributed by atoms with E-state index in [0.29, 0.717) is 5.69 Å². The molecule has 2 aromatic carbocycles. The van der Waals surface area contributed by atoms with E-state index in [0.717, 1.165) is 27.3 Å². The molecule has 0 fully saturated rings. The molecule has 1 atom stereocenters. The Kier molecular flexibility index (Phi) is 7.45. The summed E-state index contributed by atoms with van der Waals surface area (Å²) in [6, 6.07) is 18.1. The van der Waals surface area contributed by atoms with Crippen LogP contribution < -0.4 is 16.4 Å². The van der Waals surface area contributed by atoms with Gasteiger partial charge in [0, 0.05) is 28.7 Å². The number of hydrogen-bond donors (Lipinski definition) is 3. The minimum atomic E-state index is -0.661. The number of carbonyl (C=O) groups is 2. The first-order valence-electron chi connectivity index (χ1n) is 9.54. The highest BCUT2D eigenvalue weighted by Crippen LogP contribution is 2.25. The molecular weight excluding hydrogens is 396 g/mol. The molecule has 1 heterocycles. The highest BCUT2D eigenvalue weighted by molar-refractivity contribution is 7.98. The number of nitrogens with two attached hydrogens (primary N) is 1. The quantitative estimate of drug-likeness (QED) is 0.470.